The van der Waals surface area contributed by atoms with Gasteiger partial charge in [0, 0.05) is 11.8 Å². The van der Waals surface area contributed by atoms with Crippen LogP contribution >= 0.6 is 11.6 Å². The SMILES string of the molecule is CCCCOc1ccc(NC(=O)Nc2cc(F)c(F)cc2Cl)cc1. The predicted molar refractivity (Wildman–Crippen MR) is 90.9 cm³/mol. The highest BCUT2D eigenvalue weighted by Crippen LogP contribution is 2.25. The van der Waals surface area contributed by atoms with Crippen LogP contribution in [0.4, 0.5) is 25.0 Å². The molecule has 2 rings (SSSR count). The minimum Gasteiger partial charge on any atom is -0.494 e. The number of anilines is 2. The molecule has 2 aromatic rings. The zero-order valence-corrected chi connectivity index (χ0v) is 13.8. The molecule has 2 N–H and O–H groups in total. The fourth-order valence-corrected chi connectivity index (χ4v) is 2.07. The minimum atomic E-state index is -1.09. The number of carbonyl (C=O) groups excluding carboxylic acids is 1. The van der Waals surface area contributed by atoms with E-state index in [1.54, 1.807) is 24.3 Å². The molecule has 24 heavy (non-hydrogen) atoms. The Hall–Kier alpha value is -2.34. The molecule has 0 aromatic heterocycles. The lowest BCUT2D eigenvalue weighted by Crippen LogP contribution is -2.19. The molecule has 7 heteroatoms. The second-order valence-corrected chi connectivity index (χ2v) is 5.46. The summed E-state index contributed by atoms with van der Waals surface area (Å²) in [5.41, 5.74) is 0.502. The van der Waals surface area contributed by atoms with Crippen molar-refractivity contribution in [2.45, 2.75) is 19.8 Å². The number of amides is 2. The average Bonchev–Trinajstić information content (AvgIpc) is 2.54. The Bertz CT molecular complexity index is 708. The molecule has 0 aliphatic heterocycles. The van der Waals surface area contributed by atoms with Gasteiger partial charge in [-0.1, -0.05) is 24.9 Å². The van der Waals surface area contributed by atoms with Crippen LogP contribution in [0.1, 0.15) is 19.8 Å². The van der Waals surface area contributed by atoms with Crippen LogP contribution in [0.5, 0.6) is 5.75 Å². The Labute approximate surface area is 143 Å². The third-order valence-electron chi connectivity index (χ3n) is 3.14. The normalized spacial score (nSPS) is 10.3. The molecule has 0 unspecified atom stereocenters. The molecule has 0 atom stereocenters. The first-order valence-corrected chi connectivity index (χ1v) is 7.83. The maximum atomic E-state index is 13.2. The molecule has 0 bridgehead atoms. The third-order valence-corrected chi connectivity index (χ3v) is 3.45. The molecule has 0 saturated carbocycles. The van der Waals surface area contributed by atoms with Crippen LogP contribution in [-0.4, -0.2) is 12.6 Å². The van der Waals surface area contributed by atoms with Crippen LogP contribution in [0, 0.1) is 11.6 Å². The summed E-state index contributed by atoms with van der Waals surface area (Å²) in [5, 5.41) is 4.84. The fourth-order valence-electron chi connectivity index (χ4n) is 1.87. The summed E-state index contributed by atoms with van der Waals surface area (Å²) in [5.74, 6) is -1.47. The van der Waals surface area contributed by atoms with Gasteiger partial charge in [0.2, 0.25) is 0 Å². The number of unbranched alkanes of at least 4 members (excludes halogenated alkanes) is 1. The fraction of sp³-hybridized carbons (Fsp3) is 0.235. The molecule has 0 radical (unpaired) electrons. The first-order valence-electron chi connectivity index (χ1n) is 7.45. The summed E-state index contributed by atoms with van der Waals surface area (Å²) in [6, 6.07) is 7.81. The molecular formula is C17H17ClF2N2O2. The Kier molecular flexibility index (Phi) is 6.37. The highest BCUT2D eigenvalue weighted by Gasteiger charge is 2.11. The van der Waals surface area contributed by atoms with Gasteiger partial charge in [0.05, 0.1) is 17.3 Å². The number of hydrogen-bond donors (Lipinski definition) is 2. The van der Waals surface area contributed by atoms with E-state index >= 15 is 0 Å². The van der Waals surface area contributed by atoms with Gasteiger partial charge in [0.1, 0.15) is 5.75 Å². The molecular weight excluding hydrogens is 338 g/mol. The number of halogens is 3. The molecule has 0 fully saturated rings. The summed E-state index contributed by atoms with van der Waals surface area (Å²) in [6.45, 7) is 2.71. The van der Waals surface area contributed by atoms with Crippen molar-refractivity contribution in [3.05, 3.63) is 53.1 Å². The molecule has 0 aliphatic rings. The van der Waals surface area contributed by atoms with E-state index in [0.717, 1.165) is 25.0 Å². The van der Waals surface area contributed by atoms with Crippen molar-refractivity contribution >= 4 is 29.0 Å². The van der Waals surface area contributed by atoms with Crippen LogP contribution in [0.15, 0.2) is 36.4 Å². The summed E-state index contributed by atoms with van der Waals surface area (Å²) in [7, 11) is 0. The van der Waals surface area contributed by atoms with Crippen molar-refractivity contribution in [1.29, 1.82) is 0 Å². The van der Waals surface area contributed by atoms with E-state index in [-0.39, 0.29) is 10.7 Å². The topological polar surface area (TPSA) is 50.4 Å². The first-order chi connectivity index (χ1) is 11.5. The lowest BCUT2D eigenvalue weighted by molar-refractivity contribution is 0.262. The van der Waals surface area contributed by atoms with Gasteiger partial charge in [-0.15, -0.1) is 0 Å². The maximum Gasteiger partial charge on any atom is 0.323 e. The molecule has 128 valence electrons. The standard InChI is InChI=1S/C17H17ClF2N2O2/c1-2-3-8-24-12-6-4-11(5-7-12)21-17(23)22-16-10-15(20)14(19)9-13(16)18/h4-7,9-10H,2-3,8H2,1H3,(H2,21,22,23). The molecule has 2 aromatic carbocycles. The van der Waals surface area contributed by atoms with Gasteiger partial charge in [-0.05, 0) is 36.8 Å². The van der Waals surface area contributed by atoms with Crippen molar-refractivity contribution in [2.24, 2.45) is 0 Å². The van der Waals surface area contributed by atoms with Gasteiger partial charge in [-0.2, -0.15) is 0 Å². The number of hydrogen-bond acceptors (Lipinski definition) is 2. The number of benzene rings is 2. The smallest absolute Gasteiger partial charge is 0.323 e. The second-order valence-electron chi connectivity index (χ2n) is 5.05. The quantitative estimate of drug-likeness (QED) is 0.536. The van der Waals surface area contributed by atoms with E-state index in [4.69, 9.17) is 16.3 Å². The highest BCUT2D eigenvalue weighted by molar-refractivity contribution is 6.33. The van der Waals surface area contributed by atoms with E-state index in [1.165, 1.54) is 0 Å². The van der Waals surface area contributed by atoms with Gasteiger partial charge < -0.3 is 15.4 Å². The first kappa shape index (κ1) is 18.0. The van der Waals surface area contributed by atoms with E-state index in [0.29, 0.717) is 18.0 Å². The van der Waals surface area contributed by atoms with Crippen LogP contribution in [0.3, 0.4) is 0 Å². The Morgan fingerprint density at radius 3 is 2.46 bits per heavy atom. The average molecular weight is 355 g/mol. The number of carbonyl (C=O) groups is 1. The number of nitrogens with one attached hydrogen (secondary N) is 2. The zero-order chi connectivity index (χ0) is 17.5. The summed E-state index contributed by atoms with van der Waals surface area (Å²) in [6.07, 6.45) is 2.02. The van der Waals surface area contributed by atoms with Crippen molar-refractivity contribution in [2.75, 3.05) is 17.2 Å². The van der Waals surface area contributed by atoms with E-state index in [1.807, 2.05) is 0 Å². The predicted octanol–water partition coefficient (Wildman–Crippen LogP) is 5.44. The lowest BCUT2D eigenvalue weighted by atomic mass is 10.3. The summed E-state index contributed by atoms with van der Waals surface area (Å²) >= 11 is 5.76. The lowest BCUT2D eigenvalue weighted by Gasteiger charge is -2.10. The van der Waals surface area contributed by atoms with E-state index in [9.17, 15) is 13.6 Å². The summed E-state index contributed by atoms with van der Waals surface area (Å²) in [4.78, 5) is 11.9. The van der Waals surface area contributed by atoms with Crippen LogP contribution in [0.25, 0.3) is 0 Å². The minimum absolute atomic E-state index is 0.0208. The molecule has 0 heterocycles. The van der Waals surface area contributed by atoms with Crippen molar-refractivity contribution in [1.82, 2.24) is 0 Å². The van der Waals surface area contributed by atoms with Gasteiger partial charge in [0.15, 0.2) is 11.6 Å². The van der Waals surface area contributed by atoms with Crippen molar-refractivity contribution < 1.29 is 18.3 Å². The molecule has 2 amide bonds. The van der Waals surface area contributed by atoms with Gasteiger partial charge in [-0.25, -0.2) is 13.6 Å². The van der Waals surface area contributed by atoms with Crippen LogP contribution < -0.4 is 15.4 Å². The number of ether oxygens (including phenoxy) is 1. The molecule has 0 aliphatic carbocycles. The van der Waals surface area contributed by atoms with Gasteiger partial charge in [-0.3, -0.25) is 0 Å². The number of rotatable bonds is 6. The van der Waals surface area contributed by atoms with Gasteiger partial charge >= 0.3 is 6.03 Å². The van der Waals surface area contributed by atoms with Gasteiger partial charge in [0.25, 0.3) is 0 Å². The van der Waals surface area contributed by atoms with Crippen molar-refractivity contribution in [3.8, 4) is 5.75 Å². The molecule has 4 nitrogen and oxygen atoms in total. The second kappa shape index (κ2) is 8.49. The van der Waals surface area contributed by atoms with E-state index < -0.39 is 17.7 Å². The Balaban J connectivity index is 1.94. The van der Waals surface area contributed by atoms with E-state index in [2.05, 4.69) is 17.6 Å². The third kappa shape index (κ3) is 5.09. The Morgan fingerprint density at radius 2 is 1.79 bits per heavy atom. The zero-order valence-electron chi connectivity index (χ0n) is 13.0. The maximum absolute atomic E-state index is 13.2. The molecule has 0 spiro atoms. The van der Waals surface area contributed by atoms with Crippen LogP contribution in [-0.2, 0) is 0 Å². The van der Waals surface area contributed by atoms with Crippen molar-refractivity contribution in [3.63, 3.8) is 0 Å². The monoisotopic (exact) mass is 354 g/mol. The Morgan fingerprint density at radius 1 is 1.12 bits per heavy atom. The molecule has 0 saturated heterocycles. The largest absolute Gasteiger partial charge is 0.494 e. The van der Waals surface area contributed by atoms with Crippen LogP contribution in [0.2, 0.25) is 5.02 Å². The summed E-state index contributed by atoms with van der Waals surface area (Å²) < 4.78 is 31.7. The highest BCUT2D eigenvalue weighted by atomic mass is 35.5. The number of urea groups is 1.